The molecule has 0 saturated carbocycles. The van der Waals surface area contributed by atoms with E-state index in [1.54, 1.807) is 24.7 Å². The van der Waals surface area contributed by atoms with Gasteiger partial charge in [-0.05, 0) is 37.0 Å². The second kappa shape index (κ2) is 6.08. The number of halogens is 1. The normalized spacial score (nSPS) is 23.0. The van der Waals surface area contributed by atoms with Crippen molar-refractivity contribution in [1.29, 1.82) is 5.26 Å². The molecule has 1 aromatic carbocycles. The molecule has 2 fully saturated rings. The lowest BCUT2D eigenvalue weighted by Gasteiger charge is -2.39. The highest BCUT2D eigenvalue weighted by Crippen LogP contribution is 2.36. The van der Waals surface area contributed by atoms with Crippen molar-refractivity contribution in [2.45, 2.75) is 18.9 Å². The van der Waals surface area contributed by atoms with Gasteiger partial charge in [-0.25, -0.2) is 9.37 Å². The lowest BCUT2D eigenvalue weighted by molar-refractivity contribution is 0.389. The summed E-state index contributed by atoms with van der Waals surface area (Å²) in [5, 5.41) is 9.09. The van der Waals surface area contributed by atoms with Crippen molar-refractivity contribution >= 4 is 11.5 Å². The number of hydrogen-bond acceptors (Lipinski definition) is 5. The maximum Gasteiger partial charge on any atom is 0.147 e. The molecule has 6 heteroatoms. The fourth-order valence-electron chi connectivity index (χ4n) is 3.93. The Hall–Kier alpha value is -2.68. The van der Waals surface area contributed by atoms with Crippen LogP contribution in [0.2, 0.25) is 0 Å². The average molecular weight is 323 g/mol. The van der Waals surface area contributed by atoms with E-state index >= 15 is 0 Å². The van der Waals surface area contributed by atoms with Gasteiger partial charge in [-0.1, -0.05) is 0 Å². The molecule has 2 atom stereocenters. The number of fused-ring (bicyclic) bond motifs is 1. The van der Waals surface area contributed by atoms with Crippen molar-refractivity contribution in [2.75, 3.05) is 29.4 Å². The molecule has 0 N–H and O–H groups in total. The fraction of sp³-hybridized carbons (Fsp3) is 0.389. The van der Waals surface area contributed by atoms with E-state index in [0.717, 1.165) is 44.0 Å². The first kappa shape index (κ1) is 14.9. The summed E-state index contributed by atoms with van der Waals surface area (Å²) < 4.78 is 13.8. The third-order valence-corrected chi connectivity index (χ3v) is 5.08. The largest absolute Gasteiger partial charge is 0.366 e. The van der Waals surface area contributed by atoms with Crippen molar-refractivity contribution in [2.24, 2.45) is 5.92 Å². The summed E-state index contributed by atoms with van der Waals surface area (Å²) in [7, 11) is 0. The van der Waals surface area contributed by atoms with Crippen LogP contribution in [0.5, 0.6) is 0 Å². The second-order valence-corrected chi connectivity index (χ2v) is 6.42. The van der Waals surface area contributed by atoms with Crippen molar-refractivity contribution < 1.29 is 4.39 Å². The lowest BCUT2D eigenvalue weighted by atomic mass is 9.92. The maximum atomic E-state index is 13.8. The number of benzene rings is 1. The molecular formula is C18H18FN5. The molecule has 0 radical (unpaired) electrons. The maximum absolute atomic E-state index is 13.8. The van der Waals surface area contributed by atoms with Crippen LogP contribution in [-0.4, -0.2) is 35.6 Å². The standard InChI is InChI=1S/C18H18FN5/c19-15-7-13(10-20)8-16(9-15)24-6-2-14-1-5-23(12-17(14)24)18-11-21-3-4-22-18/h3-4,7-9,11,14,17H,1-2,5-6,12H2. The van der Waals surface area contributed by atoms with Crippen LogP contribution in [0.3, 0.4) is 0 Å². The van der Waals surface area contributed by atoms with E-state index in [1.807, 2.05) is 6.07 Å². The van der Waals surface area contributed by atoms with Gasteiger partial charge in [0.2, 0.25) is 0 Å². The first-order chi connectivity index (χ1) is 11.7. The van der Waals surface area contributed by atoms with Crippen LogP contribution in [0.4, 0.5) is 15.9 Å². The van der Waals surface area contributed by atoms with Gasteiger partial charge in [0, 0.05) is 43.8 Å². The Morgan fingerprint density at radius 1 is 1.17 bits per heavy atom. The van der Waals surface area contributed by atoms with E-state index in [1.165, 1.54) is 12.1 Å². The van der Waals surface area contributed by atoms with Crippen molar-refractivity contribution in [3.05, 3.63) is 48.2 Å². The number of hydrogen-bond donors (Lipinski definition) is 0. The van der Waals surface area contributed by atoms with Crippen LogP contribution in [-0.2, 0) is 0 Å². The van der Waals surface area contributed by atoms with Gasteiger partial charge in [0.05, 0.1) is 17.8 Å². The zero-order valence-corrected chi connectivity index (χ0v) is 13.3. The Morgan fingerprint density at radius 3 is 2.83 bits per heavy atom. The fourth-order valence-corrected chi connectivity index (χ4v) is 3.93. The monoisotopic (exact) mass is 323 g/mol. The average Bonchev–Trinajstić information content (AvgIpc) is 3.05. The van der Waals surface area contributed by atoms with E-state index in [9.17, 15) is 4.39 Å². The van der Waals surface area contributed by atoms with E-state index in [4.69, 9.17) is 5.26 Å². The molecule has 4 rings (SSSR count). The molecule has 1 aromatic heterocycles. The van der Waals surface area contributed by atoms with E-state index < -0.39 is 0 Å². The van der Waals surface area contributed by atoms with E-state index in [-0.39, 0.29) is 5.82 Å². The van der Waals surface area contributed by atoms with Crippen LogP contribution >= 0.6 is 0 Å². The third kappa shape index (κ3) is 2.67. The topological polar surface area (TPSA) is 56.1 Å². The molecule has 2 aliphatic heterocycles. The summed E-state index contributed by atoms with van der Waals surface area (Å²) >= 11 is 0. The quantitative estimate of drug-likeness (QED) is 0.850. The molecule has 24 heavy (non-hydrogen) atoms. The zero-order valence-electron chi connectivity index (χ0n) is 13.3. The molecule has 2 unspecified atom stereocenters. The molecule has 2 saturated heterocycles. The zero-order chi connectivity index (χ0) is 16.5. The molecule has 2 aromatic rings. The first-order valence-corrected chi connectivity index (χ1v) is 8.23. The number of rotatable bonds is 2. The van der Waals surface area contributed by atoms with Crippen LogP contribution in [0.15, 0.2) is 36.8 Å². The molecule has 3 heterocycles. The van der Waals surface area contributed by atoms with Gasteiger partial charge in [0.15, 0.2) is 0 Å². The highest BCUT2D eigenvalue weighted by molar-refractivity contribution is 5.54. The Kier molecular flexibility index (Phi) is 3.77. The molecule has 0 bridgehead atoms. The Morgan fingerprint density at radius 2 is 2.04 bits per heavy atom. The summed E-state index contributed by atoms with van der Waals surface area (Å²) in [6.45, 7) is 2.72. The lowest BCUT2D eigenvalue weighted by Crippen LogP contribution is -2.48. The summed E-state index contributed by atoms with van der Waals surface area (Å²) in [6.07, 6.45) is 7.37. The molecule has 0 amide bonds. The summed E-state index contributed by atoms with van der Waals surface area (Å²) in [5.41, 5.74) is 1.18. The summed E-state index contributed by atoms with van der Waals surface area (Å²) in [4.78, 5) is 13.0. The number of anilines is 2. The van der Waals surface area contributed by atoms with Gasteiger partial charge < -0.3 is 9.80 Å². The van der Waals surface area contributed by atoms with Crippen molar-refractivity contribution in [3.8, 4) is 6.07 Å². The Bertz CT molecular complexity index is 773. The minimum Gasteiger partial charge on any atom is -0.366 e. The SMILES string of the molecule is N#Cc1cc(F)cc(N2CCC3CCN(c4cnccn4)CC32)c1. The molecular weight excluding hydrogens is 305 g/mol. The Labute approximate surface area is 140 Å². The van der Waals surface area contributed by atoms with Crippen LogP contribution in [0.25, 0.3) is 0 Å². The van der Waals surface area contributed by atoms with Crippen LogP contribution in [0, 0.1) is 23.1 Å². The smallest absolute Gasteiger partial charge is 0.147 e. The van der Waals surface area contributed by atoms with Crippen LogP contribution in [0.1, 0.15) is 18.4 Å². The van der Waals surface area contributed by atoms with Crippen molar-refractivity contribution in [1.82, 2.24) is 9.97 Å². The van der Waals surface area contributed by atoms with Gasteiger partial charge in [-0.2, -0.15) is 5.26 Å². The number of piperidine rings is 1. The predicted octanol–water partition coefficient (Wildman–Crippen LogP) is 2.59. The number of aromatic nitrogens is 2. The highest BCUT2D eigenvalue weighted by atomic mass is 19.1. The van der Waals surface area contributed by atoms with Gasteiger partial charge in [-0.3, -0.25) is 4.98 Å². The molecule has 0 aliphatic carbocycles. The molecule has 0 spiro atoms. The predicted molar refractivity (Wildman–Crippen MR) is 89.2 cm³/mol. The molecule has 5 nitrogen and oxygen atoms in total. The number of nitrogens with zero attached hydrogens (tertiary/aromatic N) is 5. The summed E-state index contributed by atoms with van der Waals surface area (Å²) in [5.74, 6) is 1.14. The first-order valence-electron chi connectivity index (χ1n) is 8.23. The van der Waals surface area contributed by atoms with Crippen LogP contribution < -0.4 is 9.80 Å². The highest BCUT2D eigenvalue weighted by Gasteiger charge is 2.39. The third-order valence-electron chi connectivity index (χ3n) is 5.08. The van der Waals surface area contributed by atoms with E-state index in [2.05, 4.69) is 19.8 Å². The molecule has 2 aliphatic rings. The minimum atomic E-state index is -0.353. The number of nitriles is 1. The summed E-state index contributed by atoms with van der Waals surface area (Å²) in [6, 6.07) is 6.96. The van der Waals surface area contributed by atoms with Gasteiger partial charge in [0.1, 0.15) is 11.6 Å². The van der Waals surface area contributed by atoms with Gasteiger partial charge in [0.25, 0.3) is 0 Å². The van der Waals surface area contributed by atoms with Crippen molar-refractivity contribution in [3.63, 3.8) is 0 Å². The van der Waals surface area contributed by atoms with Gasteiger partial charge in [-0.15, -0.1) is 0 Å². The van der Waals surface area contributed by atoms with E-state index in [0.29, 0.717) is 17.5 Å². The minimum absolute atomic E-state index is 0.314. The second-order valence-electron chi connectivity index (χ2n) is 6.42. The molecule has 122 valence electrons. The van der Waals surface area contributed by atoms with Gasteiger partial charge >= 0.3 is 0 Å². The Balaban J connectivity index is 1.60.